The molecule has 0 heterocycles. The highest BCUT2D eigenvalue weighted by Crippen LogP contribution is 2.34. The first-order valence-electron chi connectivity index (χ1n) is 7.82. The summed E-state index contributed by atoms with van der Waals surface area (Å²) in [6, 6.07) is 0.875. The number of rotatable bonds is 11. The zero-order valence-corrected chi connectivity index (χ0v) is 12.8. The van der Waals surface area contributed by atoms with E-state index < -0.39 is 10.0 Å². The lowest BCUT2D eigenvalue weighted by Crippen LogP contribution is -2.36. The molecule has 0 aromatic rings. The second-order valence-corrected chi connectivity index (χ2v) is 8.03. The van der Waals surface area contributed by atoms with Crippen molar-refractivity contribution in [1.82, 2.24) is 10.0 Å². The molecule has 1 atom stereocenters. The molecular formula is C14H28N2O2S. The van der Waals surface area contributed by atoms with Crippen LogP contribution in [-0.2, 0) is 10.0 Å². The van der Waals surface area contributed by atoms with Crippen molar-refractivity contribution in [3.05, 3.63) is 0 Å². The Labute approximate surface area is 117 Å². The summed E-state index contributed by atoms with van der Waals surface area (Å²) < 4.78 is 26.8. The van der Waals surface area contributed by atoms with Crippen LogP contribution in [0.15, 0.2) is 0 Å². The van der Waals surface area contributed by atoms with Gasteiger partial charge in [0.25, 0.3) is 0 Å². The SMILES string of the molecule is CCC(CC1CC1)NS(=O)(=O)CCCCNC1CC1. The minimum atomic E-state index is -3.07. The van der Waals surface area contributed by atoms with E-state index in [2.05, 4.69) is 17.0 Å². The third-order valence-corrected chi connectivity index (χ3v) is 5.52. The second-order valence-electron chi connectivity index (χ2n) is 6.16. The van der Waals surface area contributed by atoms with Crippen molar-refractivity contribution in [3.8, 4) is 0 Å². The van der Waals surface area contributed by atoms with Gasteiger partial charge in [0.05, 0.1) is 5.75 Å². The molecule has 5 heteroatoms. The lowest BCUT2D eigenvalue weighted by atomic mass is 10.1. The lowest BCUT2D eigenvalue weighted by molar-refractivity contribution is 0.493. The molecule has 4 nitrogen and oxygen atoms in total. The fourth-order valence-corrected chi connectivity index (χ4v) is 3.85. The van der Waals surface area contributed by atoms with Crippen molar-refractivity contribution >= 4 is 10.0 Å². The normalized spacial score (nSPS) is 21.5. The molecule has 0 radical (unpaired) electrons. The Hall–Kier alpha value is -0.130. The molecule has 2 N–H and O–H groups in total. The van der Waals surface area contributed by atoms with E-state index in [0.717, 1.165) is 44.2 Å². The minimum absolute atomic E-state index is 0.155. The van der Waals surface area contributed by atoms with E-state index in [1.165, 1.54) is 25.7 Å². The van der Waals surface area contributed by atoms with E-state index >= 15 is 0 Å². The summed E-state index contributed by atoms with van der Waals surface area (Å²) in [5.74, 6) is 1.05. The Morgan fingerprint density at radius 1 is 1.16 bits per heavy atom. The maximum absolute atomic E-state index is 12.0. The van der Waals surface area contributed by atoms with Crippen molar-refractivity contribution < 1.29 is 8.42 Å². The maximum Gasteiger partial charge on any atom is 0.211 e. The standard InChI is InChI=1S/C14H28N2O2S/c1-2-13(11-12-5-6-12)16-19(17,18)10-4-3-9-15-14-7-8-14/h12-16H,2-11H2,1H3. The zero-order valence-electron chi connectivity index (χ0n) is 12.0. The predicted octanol–water partition coefficient (Wildman–Crippen LogP) is 2.02. The van der Waals surface area contributed by atoms with Crippen LogP contribution < -0.4 is 10.0 Å². The highest BCUT2D eigenvalue weighted by molar-refractivity contribution is 7.89. The summed E-state index contributed by atoms with van der Waals surface area (Å²) in [6.07, 6.45) is 8.79. The molecule has 2 fully saturated rings. The fourth-order valence-electron chi connectivity index (χ4n) is 2.38. The van der Waals surface area contributed by atoms with Gasteiger partial charge >= 0.3 is 0 Å². The molecule has 1 unspecified atom stereocenters. The Kier molecular flexibility index (Phi) is 5.66. The molecule has 19 heavy (non-hydrogen) atoms. The monoisotopic (exact) mass is 288 g/mol. The molecule has 2 saturated carbocycles. The van der Waals surface area contributed by atoms with Gasteiger partial charge in [-0.15, -0.1) is 0 Å². The number of hydrogen-bond acceptors (Lipinski definition) is 3. The van der Waals surface area contributed by atoms with Crippen LogP contribution in [0, 0.1) is 5.92 Å². The topological polar surface area (TPSA) is 58.2 Å². The molecule has 0 spiro atoms. The van der Waals surface area contributed by atoms with Gasteiger partial charge in [0.15, 0.2) is 0 Å². The second kappa shape index (κ2) is 7.04. The first-order chi connectivity index (χ1) is 9.09. The van der Waals surface area contributed by atoms with Gasteiger partial charge in [0, 0.05) is 12.1 Å². The van der Waals surface area contributed by atoms with E-state index in [-0.39, 0.29) is 11.8 Å². The highest BCUT2D eigenvalue weighted by Gasteiger charge is 2.26. The third-order valence-electron chi connectivity index (χ3n) is 4.00. The molecule has 2 aliphatic carbocycles. The summed E-state index contributed by atoms with van der Waals surface area (Å²) in [6.45, 7) is 3.02. The number of unbranched alkanes of at least 4 members (excludes halogenated alkanes) is 1. The summed E-state index contributed by atoms with van der Waals surface area (Å²) in [5.41, 5.74) is 0. The van der Waals surface area contributed by atoms with Crippen molar-refractivity contribution in [2.75, 3.05) is 12.3 Å². The Balaban J connectivity index is 1.58. The van der Waals surface area contributed by atoms with Gasteiger partial charge in [0.2, 0.25) is 10.0 Å². The van der Waals surface area contributed by atoms with Crippen LogP contribution in [0.5, 0.6) is 0 Å². The molecule has 2 aliphatic rings. The van der Waals surface area contributed by atoms with Gasteiger partial charge in [0.1, 0.15) is 0 Å². The third kappa shape index (κ3) is 6.72. The maximum atomic E-state index is 12.0. The van der Waals surface area contributed by atoms with Gasteiger partial charge < -0.3 is 5.32 Å². The number of hydrogen-bond donors (Lipinski definition) is 2. The van der Waals surface area contributed by atoms with E-state index in [4.69, 9.17) is 0 Å². The molecular weight excluding hydrogens is 260 g/mol. The van der Waals surface area contributed by atoms with Gasteiger partial charge in [-0.1, -0.05) is 19.8 Å². The minimum Gasteiger partial charge on any atom is -0.314 e. The van der Waals surface area contributed by atoms with Crippen LogP contribution in [0.25, 0.3) is 0 Å². The van der Waals surface area contributed by atoms with Crippen LogP contribution in [0.1, 0.15) is 58.3 Å². The van der Waals surface area contributed by atoms with Crippen LogP contribution >= 0.6 is 0 Å². The van der Waals surface area contributed by atoms with Crippen molar-refractivity contribution in [3.63, 3.8) is 0 Å². The molecule has 0 aromatic carbocycles. The van der Waals surface area contributed by atoms with E-state index in [9.17, 15) is 8.42 Å². The van der Waals surface area contributed by atoms with Gasteiger partial charge in [-0.25, -0.2) is 13.1 Å². The van der Waals surface area contributed by atoms with Crippen molar-refractivity contribution in [2.24, 2.45) is 5.92 Å². The Morgan fingerprint density at radius 2 is 1.89 bits per heavy atom. The lowest BCUT2D eigenvalue weighted by Gasteiger charge is -2.16. The smallest absolute Gasteiger partial charge is 0.211 e. The number of nitrogens with one attached hydrogen (secondary N) is 2. The molecule has 0 amide bonds. The highest BCUT2D eigenvalue weighted by atomic mass is 32.2. The van der Waals surface area contributed by atoms with Gasteiger partial charge in [-0.3, -0.25) is 0 Å². The van der Waals surface area contributed by atoms with Crippen LogP contribution in [0.4, 0.5) is 0 Å². The van der Waals surface area contributed by atoms with E-state index in [0.29, 0.717) is 0 Å². The first-order valence-corrected chi connectivity index (χ1v) is 9.47. The largest absolute Gasteiger partial charge is 0.314 e. The molecule has 2 rings (SSSR count). The number of sulfonamides is 1. The molecule has 0 aliphatic heterocycles. The van der Waals surface area contributed by atoms with Crippen molar-refractivity contribution in [2.45, 2.75) is 70.4 Å². The van der Waals surface area contributed by atoms with Crippen LogP contribution in [-0.4, -0.2) is 32.8 Å². The van der Waals surface area contributed by atoms with Crippen molar-refractivity contribution in [1.29, 1.82) is 0 Å². The van der Waals surface area contributed by atoms with E-state index in [1.807, 2.05) is 0 Å². The predicted molar refractivity (Wildman–Crippen MR) is 78.6 cm³/mol. The van der Waals surface area contributed by atoms with Gasteiger partial charge in [-0.2, -0.15) is 0 Å². The molecule has 0 saturated heterocycles. The van der Waals surface area contributed by atoms with E-state index in [1.54, 1.807) is 0 Å². The Morgan fingerprint density at radius 3 is 2.47 bits per heavy atom. The quantitative estimate of drug-likeness (QED) is 0.572. The molecule has 112 valence electrons. The van der Waals surface area contributed by atoms with Crippen LogP contribution in [0.3, 0.4) is 0 Å². The first kappa shape index (κ1) is 15.3. The zero-order chi connectivity index (χ0) is 13.7. The summed E-state index contributed by atoms with van der Waals surface area (Å²) in [5, 5.41) is 3.41. The Bertz CT molecular complexity index is 362. The van der Waals surface area contributed by atoms with Gasteiger partial charge in [-0.05, 0) is 51.0 Å². The summed E-state index contributed by atoms with van der Waals surface area (Å²) in [4.78, 5) is 0. The fraction of sp³-hybridized carbons (Fsp3) is 1.00. The summed E-state index contributed by atoms with van der Waals surface area (Å²) in [7, 11) is -3.07. The molecule has 0 bridgehead atoms. The average molecular weight is 288 g/mol. The molecule has 0 aromatic heterocycles. The van der Waals surface area contributed by atoms with Crippen LogP contribution in [0.2, 0.25) is 0 Å². The average Bonchev–Trinajstić information content (AvgIpc) is 3.22. The summed E-state index contributed by atoms with van der Waals surface area (Å²) >= 11 is 0.